The minimum Gasteiger partial charge on any atom is -0.360 e. The molecule has 0 atom stereocenters. The number of nitrogens with one attached hydrogen (secondary N) is 5. The molecule has 3 aromatic carbocycles. The molecule has 4 aromatic rings. The van der Waals surface area contributed by atoms with Crippen molar-refractivity contribution in [3.63, 3.8) is 0 Å². The van der Waals surface area contributed by atoms with Gasteiger partial charge >= 0.3 is 12.2 Å². The molecule has 0 aliphatic carbocycles. The fourth-order valence-corrected chi connectivity index (χ4v) is 4.19. The minimum absolute atomic E-state index is 0.00756. The van der Waals surface area contributed by atoms with E-state index in [0.29, 0.717) is 45.1 Å². The molecule has 0 radical (unpaired) electrons. The van der Waals surface area contributed by atoms with Crippen LogP contribution in [-0.2, 0) is 11.0 Å². The van der Waals surface area contributed by atoms with Crippen molar-refractivity contribution in [3.05, 3.63) is 101 Å². The molecule has 1 aliphatic heterocycles. The summed E-state index contributed by atoms with van der Waals surface area (Å²) < 4.78 is 38.9. The topological polar surface area (TPSA) is 122 Å². The van der Waals surface area contributed by atoms with E-state index in [-0.39, 0.29) is 11.6 Å². The second-order valence-corrected chi connectivity index (χ2v) is 9.04. The zero-order valence-electron chi connectivity index (χ0n) is 20.9. The number of halogens is 3. The Morgan fingerprint density at radius 2 is 1.73 bits per heavy atom. The monoisotopic (exact) mass is 542 g/mol. The second-order valence-electron chi connectivity index (χ2n) is 9.04. The lowest BCUT2D eigenvalue weighted by Crippen LogP contribution is -2.20. The van der Waals surface area contributed by atoms with E-state index in [1.54, 1.807) is 48.7 Å². The first-order chi connectivity index (χ1) is 19.1. The molecule has 8 nitrogen and oxygen atoms in total. The lowest BCUT2D eigenvalue weighted by atomic mass is 10.1. The van der Waals surface area contributed by atoms with Crippen LogP contribution in [0.5, 0.6) is 0 Å². The largest absolute Gasteiger partial charge is 0.416 e. The highest BCUT2D eigenvalue weighted by molar-refractivity contribution is 6.35. The zero-order chi connectivity index (χ0) is 28.4. The van der Waals surface area contributed by atoms with Crippen molar-refractivity contribution < 1.29 is 22.8 Å². The highest BCUT2D eigenvalue weighted by atomic mass is 19.4. The highest BCUT2D eigenvalue weighted by Gasteiger charge is 2.30. The number of nitrogens with zero attached hydrogens (tertiary/aromatic N) is 1. The Bertz CT molecular complexity index is 1720. The van der Waals surface area contributed by atoms with E-state index in [0.717, 1.165) is 17.7 Å². The molecule has 0 bridgehead atoms. The zero-order valence-corrected chi connectivity index (χ0v) is 20.9. The predicted octanol–water partition coefficient (Wildman–Crippen LogP) is 7.09. The number of carbonyl (C=O) groups excluding carboxylic acids is 2. The molecule has 11 heteroatoms. The minimum atomic E-state index is -4.52. The number of H-pyrrole nitrogens is 1. The Morgan fingerprint density at radius 3 is 2.45 bits per heavy atom. The third-order valence-corrected chi connectivity index (χ3v) is 6.16. The average molecular weight is 543 g/mol. The van der Waals surface area contributed by atoms with Gasteiger partial charge in [-0.25, -0.2) is 4.79 Å². The number of nitriles is 1. The molecule has 5 rings (SSSR count). The highest BCUT2D eigenvalue weighted by Crippen LogP contribution is 2.36. The number of benzene rings is 3. The van der Waals surface area contributed by atoms with E-state index in [4.69, 9.17) is 5.26 Å². The Kier molecular flexibility index (Phi) is 6.75. The van der Waals surface area contributed by atoms with E-state index < -0.39 is 17.8 Å². The molecule has 3 amide bonds. The average Bonchev–Trinajstić information content (AvgIpc) is 3.49. The fourth-order valence-electron chi connectivity index (χ4n) is 4.19. The molecule has 2 heterocycles. The lowest BCUT2D eigenvalue weighted by Gasteiger charge is -2.14. The number of aryl methyl sites for hydroxylation is 1. The summed E-state index contributed by atoms with van der Waals surface area (Å²) in [4.78, 5) is 28.0. The van der Waals surface area contributed by atoms with E-state index in [1.807, 2.05) is 19.1 Å². The van der Waals surface area contributed by atoms with Gasteiger partial charge < -0.3 is 26.3 Å². The van der Waals surface area contributed by atoms with Gasteiger partial charge in [0.15, 0.2) is 0 Å². The summed E-state index contributed by atoms with van der Waals surface area (Å²) in [5, 5.41) is 20.2. The Hall–Kier alpha value is -5.50. The SMILES string of the molecule is Cc1ccc(NC(=O)Nc2cccc(C(F)(F)F)c2)cc1Nc1ccc2c(c1)NC(=O)C2=Cc1cc(C#N)c[nH]1. The van der Waals surface area contributed by atoms with Crippen molar-refractivity contribution in [2.75, 3.05) is 21.3 Å². The third-order valence-electron chi connectivity index (χ3n) is 6.16. The number of aromatic amines is 1. The number of anilines is 5. The molecule has 0 unspecified atom stereocenters. The van der Waals surface area contributed by atoms with E-state index >= 15 is 0 Å². The van der Waals surface area contributed by atoms with Crippen LogP contribution >= 0.6 is 0 Å². The molecular formula is C29H21F3N6O2. The molecular weight excluding hydrogens is 521 g/mol. The van der Waals surface area contributed by atoms with Gasteiger partial charge in [-0.05, 0) is 67.1 Å². The first-order valence-electron chi connectivity index (χ1n) is 12.0. The molecule has 1 aliphatic rings. The summed E-state index contributed by atoms with van der Waals surface area (Å²) >= 11 is 0. The van der Waals surface area contributed by atoms with Crippen molar-refractivity contribution in [2.24, 2.45) is 0 Å². The van der Waals surface area contributed by atoms with E-state index in [2.05, 4.69) is 26.3 Å². The number of alkyl halides is 3. The maximum absolute atomic E-state index is 13.0. The van der Waals surface area contributed by atoms with Crippen molar-refractivity contribution in [3.8, 4) is 6.07 Å². The molecule has 0 spiro atoms. The van der Waals surface area contributed by atoms with Gasteiger partial charge in [-0.2, -0.15) is 18.4 Å². The van der Waals surface area contributed by atoms with Crippen molar-refractivity contribution in [2.45, 2.75) is 13.1 Å². The molecule has 0 fully saturated rings. The number of urea groups is 1. The van der Waals surface area contributed by atoms with Crippen LogP contribution in [-0.4, -0.2) is 16.9 Å². The van der Waals surface area contributed by atoms with Crippen LogP contribution in [0.2, 0.25) is 0 Å². The third kappa shape index (κ3) is 5.66. The number of hydrogen-bond donors (Lipinski definition) is 5. The summed E-state index contributed by atoms with van der Waals surface area (Å²) in [5.74, 6) is -0.269. The van der Waals surface area contributed by atoms with Gasteiger partial charge in [0.05, 0.1) is 22.4 Å². The number of rotatable bonds is 5. The lowest BCUT2D eigenvalue weighted by molar-refractivity contribution is -0.137. The quantitative estimate of drug-likeness (QED) is 0.173. The van der Waals surface area contributed by atoms with Crippen molar-refractivity contribution in [1.82, 2.24) is 4.98 Å². The van der Waals surface area contributed by atoms with Gasteiger partial charge in [-0.1, -0.05) is 18.2 Å². The van der Waals surface area contributed by atoms with Crippen LogP contribution in [0.1, 0.15) is 27.9 Å². The molecule has 5 N–H and O–H groups in total. The number of fused-ring (bicyclic) bond motifs is 1. The summed E-state index contributed by atoms with van der Waals surface area (Å²) in [6.45, 7) is 1.87. The first-order valence-corrected chi connectivity index (χ1v) is 12.0. The summed E-state index contributed by atoms with van der Waals surface area (Å²) in [6, 6.07) is 17.9. The fraction of sp³-hybridized carbons (Fsp3) is 0.0690. The van der Waals surface area contributed by atoms with Gasteiger partial charge in [-0.3, -0.25) is 4.79 Å². The van der Waals surface area contributed by atoms with Crippen LogP contribution in [0.3, 0.4) is 0 Å². The smallest absolute Gasteiger partial charge is 0.360 e. The number of amides is 3. The predicted molar refractivity (Wildman–Crippen MR) is 147 cm³/mol. The number of hydrogen-bond acceptors (Lipinski definition) is 4. The summed E-state index contributed by atoms with van der Waals surface area (Å²) in [5.41, 5.74) is 4.66. The maximum atomic E-state index is 13.0. The van der Waals surface area contributed by atoms with Crippen LogP contribution in [0.25, 0.3) is 11.6 Å². The van der Waals surface area contributed by atoms with Crippen molar-refractivity contribution in [1.29, 1.82) is 5.26 Å². The summed E-state index contributed by atoms with van der Waals surface area (Å²) in [6.07, 6.45) is -1.28. The maximum Gasteiger partial charge on any atom is 0.416 e. The van der Waals surface area contributed by atoms with Crippen LogP contribution in [0.15, 0.2) is 72.9 Å². The van der Waals surface area contributed by atoms with Gasteiger partial charge in [0.25, 0.3) is 5.91 Å². The van der Waals surface area contributed by atoms with Gasteiger partial charge in [0.2, 0.25) is 0 Å². The molecule has 0 saturated carbocycles. The van der Waals surface area contributed by atoms with Gasteiger partial charge in [0, 0.05) is 40.2 Å². The number of carbonyl (C=O) groups is 2. The molecule has 0 saturated heterocycles. The molecule has 200 valence electrons. The molecule has 40 heavy (non-hydrogen) atoms. The van der Waals surface area contributed by atoms with E-state index in [9.17, 15) is 22.8 Å². The summed E-state index contributed by atoms with van der Waals surface area (Å²) in [7, 11) is 0. The standard InChI is InChI=1S/C29H21F3N6O2/c1-16-5-6-21(37-28(40)36-19-4-2-3-18(10-19)29(30,31)32)12-25(16)35-20-7-8-23-24(27(39)38-26(23)13-20)11-22-9-17(14-33)15-34-22/h2-13,15,34-35H,1H3,(H,38,39)(H2,36,37,40). The van der Waals surface area contributed by atoms with Crippen LogP contribution in [0.4, 0.5) is 46.4 Å². The van der Waals surface area contributed by atoms with Crippen molar-refractivity contribution >= 4 is 52.0 Å². The van der Waals surface area contributed by atoms with E-state index in [1.165, 1.54) is 12.1 Å². The van der Waals surface area contributed by atoms with Gasteiger partial charge in [0.1, 0.15) is 6.07 Å². The number of aromatic nitrogens is 1. The Balaban J connectivity index is 1.30. The van der Waals surface area contributed by atoms with Gasteiger partial charge in [-0.15, -0.1) is 0 Å². The normalized spacial score (nSPS) is 13.4. The van der Waals surface area contributed by atoms with Crippen LogP contribution < -0.4 is 21.3 Å². The second kappa shape index (κ2) is 10.3. The Morgan fingerprint density at radius 1 is 0.975 bits per heavy atom. The first kappa shape index (κ1) is 26.1. The molecule has 1 aromatic heterocycles. The van der Waals surface area contributed by atoms with Crippen LogP contribution in [0, 0.1) is 18.3 Å². The Labute approximate surface area is 226 Å².